The van der Waals surface area contributed by atoms with E-state index in [1.165, 1.54) is 24.3 Å². The van der Waals surface area contributed by atoms with E-state index in [2.05, 4.69) is 25.1 Å². The molecule has 0 aliphatic rings. The zero-order valence-electron chi connectivity index (χ0n) is 13.4. The lowest BCUT2D eigenvalue weighted by Crippen LogP contribution is -2.28. The Kier molecular flexibility index (Phi) is 5.73. The van der Waals surface area contributed by atoms with Gasteiger partial charge in [0.2, 0.25) is 5.82 Å². The van der Waals surface area contributed by atoms with Gasteiger partial charge in [0.1, 0.15) is 6.61 Å². The molecule has 2 aromatic rings. The van der Waals surface area contributed by atoms with Crippen molar-refractivity contribution < 1.29 is 27.3 Å². The third-order valence-corrected chi connectivity index (χ3v) is 2.93. The zero-order valence-corrected chi connectivity index (χ0v) is 13.4. The van der Waals surface area contributed by atoms with Crippen molar-refractivity contribution in [3.63, 3.8) is 0 Å². The number of amides is 1. The number of carbonyl (C=O) groups excluding carboxylic acids is 1. The summed E-state index contributed by atoms with van der Waals surface area (Å²) in [6, 6.07) is 5.76. The van der Waals surface area contributed by atoms with E-state index in [1.54, 1.807) is 13.8 Å². The zero-order chi connectivity index (χ0) is 18.4. The summed E-state index contributed by atoms with van der Waals surface area (Å²) in [7, 11) is 0. The SMILES string of the molecule is CCO/N=C(\C)CNC(=O)c1ccc(-c2noc(C(F)(F)F)n2)cc1. The average molecular weight is 356 g/mol. The molecule has 0 unspecified atom stereocenters. The molecule has 134 valence electrons. The first-order valence-corrected chi connectivity index (χ1v) is 7.26. The van der Waals surface area contributed by atoms with Crippen molar-refractivity contribution in [2.75, 3.05) is 13.2 Å². The molecule has 0 spiro atoms. The van der Waals surface area contributed by atoms with Gasteiger partial charge in [-0.3, -0.25) is 4.79 Å². The molecular weight excluding hydrogens is 341 g/mol. The van der Waals surface area contributed by atoms with Crippen molar-refractivity contribution in [3.8, 4) is 11.4 Å². The number of nitrogens with zero attached hydrogens (tertiary/aromatic N) is 3. The summed E-state index contributed by atoms with van der Waals surface area (Å²) < 4.78 is 41.5. The second-order valence-electron chi connectivity index (χ2n) is 4.93. The molecule has 1 amide bonds. The Balaban J connectivity index is 2.02. The van der Waals surface area contributed by atoms with Crippen LogP contribution < -0.4 is 5.32 Å². The molecule has 2 rings (SSSR count). The lowest BCUT2D eigenvalue weighted by molar-refractivity contribution is -0.159. The summed E-state index contributed by atoms with van der Waals surface area (Å²) in [5, 5.41) is 9.69. The molecule has 1 aromatic heterocycles. The van der Waals surface area contributed by atoms with Crippen molar-refractivity contribution in [1.29, 1.82) is 0 Å². The van der Waals surface area contributed by atoms with Gasteiger partial charge in [-0.2, -0.15) is 18.2 Å². The number of aromatic nitrogens is 2. The molecule has 0 aliphatic carbocycles. The number of oxime groups is 1. The summed E-state index contributed by atoms with van der Waals surface area (Å²) in [6.07, 6.45) is -4.70. The quantitative estimate of drug-likeness (QED) is 0.635. The first-order chi connectivity index (χ1) is 11.8. The second kappa shape index (κ2) is 7.77. The van der Waals surface area contributed by atoms with Crippen LogP contribution in [0, 0.1) is 0 Å². The fraction of sp³-hybridized carbons (Fsp3) is 0.333. The number of carbonyl (C=O) groups is 1. The summed E-state index contributed by atoms with van der Waals surface area (Å²) in [5.41, 5.74) is 1.22. The van der Waals surface area contributed by atoms with Gasteiger partial charge in [-0.25, -0.2) is 0 Å². The number of nitrogens with one attached hydrogen (secondary N) is 1. The molecule has 0 saturated carbocycles. The van der Waals surface area contributed by atoms with Crippen LogP contribution in [0.1, 0.15) is 30.1 Å². The maximum absolute atomic E-state index is 12.4. The average Bonchev–Trinajstić information content (AvgIpc) is 3.08. The van der Waals surface area contributed by atoms with Crippen LogP contribution in [0.2, 0.25) is 0 Å². The Morgan fingerprint density at radius 2 is 2.00 bits per heavy atom. The van der Waals surface area contributed by atoms with Gasteiger partial charge in [0.15, 0.2) is 0 Å². The molecule has 10 heteroatoms. The van der Waals surface area contributed by atoms with Crippen molar-refractivity contribution in [2.24, 2.45) is 5.16 Å². The molecule has 7 nitrogen and oxygen atoms in total. The summed E-state index contributed by atoms with van der Waals surface area (Å²) in [5.74, 6) is -1.99. The maximum atomic E-state index is 12.4. The van der Waals surface area contributed by atoms with Gasteiger partial charge in [-0.15, -0.1) is 0 Å². The lowest BCUT2D eigenvalue weighted by atomic mass is 10.1. The summed E-state index contributed by atoms with van der Waals surface area (Å²) in [6.45, 7) is 4.13. The molecular formula is C15H15F3N4O3. The van der Waals surface area contributed by atoms with Crippen LogP contribution in [0.3, 0.4) is 0 Å². The monoisotopic (exact) mass is 356 g/mol. The Morgan fingerprint density at radius 1 is 1.32 bits per heavy atom. The number of hydrogen-bond donors (Lipinski definition) is 1. The largest absolute Gasteiger partial charge is 0.471 e. The highest BCUT2D eigenvalue weighted by atomic mass is 19.4. The van der Waals surface area contributed by atoms with E-state index in [-0.39, 0.29) is 18.3 Å². The third kappa shape index (κ3) is 5.03. The van der Waals surface area contributed by atoms with E-state index in [0.717, 1.165) is 0 Å². The predicted molar refractivity (Wildman–Crippen MR) is 81.8 cm³/mol. The smallest absolute Gasteiger partial charge is 0.396 e. The molecule has 1 aromatic carbocycles. The number of rotatable bonds is 6. The van der Waals surface area contributed by atoms with E-state index in [9.17, 15) is 18.0 Å². The topological polar surface area (TPSA) is 89.6 Å². The van der Waals surface area contributed by atoms with E-state index >= 15 is 0 Å². The van der Waals surface area contributed by atoms with Crippen molar-refractivity contribution in [1.82, 2.24) is 15.5 Å². The van der Waals surface area contributed by atoms with Gasteiger partial charge in [0.25, 0.3) is 5.91 Å². The van der Waals surface area contributed by atoms with Crippen LogP contribution in [-0.2, 0) is 11.0 Å². The van der Waals surface area contributed by atoms with E-state index in [1.807, 2.05) is 0 Å². The Bertz CT molecular complexity index is 754. The van der Waals surface area contributed by atoms with Gasteiger partial charge in [0, 0.05) is 11.1 Å². The van der Waals surface area contributed by atoms with E-state index < -0.39 is 12.1 Å². The number of alkyl halides is 3. The van der Waals surface area contributed by atoms with Gasteiger partial charge >= 0.3 is 12.1 Å². The molecule has 0 aliphatic heterocycles. The van der Waals surface area contributed by atoms with Crippen LogP contribution in [0.5, 0.6) is 0 Å². The van der Waals surface area contributed by atoms with Crippen LogP contribution in [0.25, 0.3) is 11.4 Å². The summed E-state index contributed by atoms with van der Waals surface area (Å²) >= 11 is 0. The first kappa shape index (κ1) is 18.4. The Hall–Kier alpha value is -2.91. The standard InChI is InChI=1S/C15H15F3N4O3/c1-3-24-21-9(2)8-19-13(23)11-6-4-10(5-7-11)12-20-14(25-22-12)15(16,17)18/h4-7H,3,8H2,1-2H3,(H,19,23)/b21-9+. The van der Waals surface area contributed by atoms with Gasteiger partial charge in [-0.1, -0.05) is 22.4 Å². The Labute approximate surface area is 140 Å². The first-order valence-electron chi connectivity index (χ1n) is 7.26. The molecule has 0 bridgehead atoms. The predicted octanol–water partition coefficient (Wildman–Crippen LogP) is 2.90. The normalized spacial score (nSPS) is 12.1. The number of benzene rings is 1. The molecule has 1 heterocycles. The lowest BCUT2D eigenvalue weighted by Gasteiger charge is -2.05. The minimum Gasteiger partial charge on any atom is -0.396 e. The van der Waals surface area contributed by atoms with Crippen LogP contribution in [0.4, 0.5) is 13.2 Å². The van der Waals surface area contributed by atoms with Crippen LogP contribution >= 0.6 is 0 Å². The van der Waals surface area contributed by atoms with E-state index in [0.29, 0.717) is 23.4 Å². The maximum Gasteiger partial charge on any atom is 0.471 e. The van der Waals surface area contributed by atoms with Crippen molar-refractivity contribution >= 4 is 11.6 Å². The highest BCUT2D eigenvalue weighted by Gasteiger charge is 2.38. The third-order valence-electron chi connectivity index (χ3n) is 2.93. The molecule has 25 heavy (non-hydrogen) atoms. The van der Waals surface area contributed by atoms with E-state index in [4.69, 9.17) is 4.84 Å². The molecule has 1 N–H and O–H groups in total. The molecule has 0 atom stereocenters. The number of hydrogen-bond acceptors (Lipinski definition) is 6. The highest BCUT2D eigenvalue weighted by molar-refractivity contribution is 5.97. The molecule has 0 radical (unpaired) electrons. The van der Waals surface area contributed by atoms with Gasteiger partial charge < -0.3 is 14.7 Å². The molecule has 0 saturated heterocycles. The second-order valence-corrected chi connectivity index (χ2v) is 4.93. The fourth-order valence-electron chi connectivity index (χ4n) is 1.74. The van der Waals surface area contributed by atoms with Gasteiger partial charge in [0.05, 0.1) is 12.3 Å². The van der Waals surface area contributed by atoms with Gasteiger partial charge in [-0.05, 0) is 26.0 Å². The van der Waals surface area contributed by atoms with Crippen molar-refractivity contribution in [3.05, 3.63) is 35.7 Å². The van der Waals surface area contributed by atoms with Crippen molar-refractivity contribution in [2.45, 2.75) is 20.0 Å². The van der Waals surface area contributed by atoms with Crippen LogP contribution in [-0.4, -0.2) is 34.9 Å². The minimum absolute atomic E-state index is 0.209. The van der Waals surface area contributed by atoms with Crippen LogP contribution in [0.15, 0.2) is 33.9 Å². The number of halogens is 3. The summed E-state index contributed by atoms with van der Waals surface area (Å²) in [4.78, 5) is 20.1. The highest BCUT2D eigenvalue weighted by Crippen LogP contribution is 2.29. The molecule has 0 fully saturated rings. The fourth-order valence-corrected chi connectivity index (χ4v) is 1.74. The minimum atomic E-state index is -4.70. The Morgan fingerprint density at radius 3 is 2.56 bits per heavy atom.